The molecule has 1 saturated heterocycles. The number of nitrogens with one attached hydrogen (secondary N) is 2. The summed E-state index contributed by atoms with van der Waals surface area (Å²) in [5, 5.41) is 2.75. The van der Waals surface area contributed by atoms with E-state index in [-0.39, 0.29) is 0 Å². The SMILES string of the molecule is CCOc1cc(C[NH+]2CC[NH+](Cc3cccc4ccccc34)CC2)ccc1OC. The third kappa shape index (κ3) is 4.72. The summed E-state index contributed by atoms with van der Waals surface area (Å²) in [7, 11) is 1.70. The molecular weight excluding hydrogens is 360 g/mol. The van der Waals surface area contributed by atoms with Gasteiger partial charge in [-0.2, -0.15) is 0 Å². The van der Waals surface area contributed by atoms with Crippen molar-refractivity contribution in [2.75, 3.05) is 39.9 Å². The van der Waals surface area contributed by atoms with Crippen LogP contribution in [0.2, 0.25) is 0 Å². The molecule has 0 radical (unpaired) electrons. The largest absolute Gasteiger partial charge is 0.493 e. The number of benzene rings is 3. The standard InChI is InChI=1S/C25H30N2O2/c1-3-29-25-17-20(11-12-24(25)28-2)18-26-13-15-27(16-14-26)19-22-9-6-8-21-7-4-5-10-23(21)22/h4-12,17H,3,13-16,18-19H2,1-2H3/p+2. The van der Waals surface area contributed by atoms with Crippen molar-refractivity contribution in [2.24, 2.45) is 0 Å². The summed E-state index contributed by atoms with van der Waals surface area (Å²) >= 11 is 0. The van der Waals surface area contributed by atoms with Crippen molar-refractivity contribution in [3.8, 4) is 11.5 Å². The van der Waals surface area contributed by atoms with E-state index in [4.69, 9.17) is 9.47 Å². The minimum absolute atomic E-state index is 0.656. The van der Waals surface area contributed by atoms with Gasteiger partial charge in [0.15, 0.2) is 11.5 Å². The Bertz CT molecular complexity index is 943. The van der Waals surface area contributed by atoms with Gasteiger partial charge < -0.3 is 19.3 Å². The Hall–Kier alpha value is -2.56. The lowest BCUT2D eigenvalue weighted by Gasteiger charge is -2.30. The minimum Gasteiger partial charge on any atom is -0.493 e. The van der Waals surface area contributed by atoms with E-state index in [1.165, 1.54) is 48.1 Å². The molecule has 1 fully saturated rings. The second-order valence-corrected chi connectivity index (χ2v) is 7.91. The van der Waals surface area contributed by atoms with Crippen molar-refractivity contribution in [2.45, 2.75) is 20.0 Å². The van der Waals surface area contributed by atoms with Crippen molar-refractivity contribution < 1.29 is 19.3 Å². The molecule has 4 nitrogen and oxygen atoms in total. The van der Waals surface area contributed by atoms with Crippen LogP contribution in [0.25, 0.3) is 10.8 Å². The zero-order valence-corrected chi connectivity index (χ0v) is 17.5. The third-order valence-electron chi connectivity index (χ3n) is 5.97. The van der Waals surface area contributed by atoms with Crippen LogP contribution in [0.15, 0.2) is 60.7 Å². The summed E-state index contributed by atoms with van der Waals surface area (Å²) in [4.78, 5) is 3.34. The Morgan fingerprint density at radius 1 is 0.793 bits per heavy atom. The minimum atomic E-state index is 0.656. The molecule has 0 amide bonds. The average molecular weight is 393 g/mol. The van der Waals surface area contributed by atoms with Crippen molar-refractivity contribution in [3.05, 3.63) is 71.8 Å². The summed E-state index contributed by atoms with van der Waals surface area (Å²) in [5.74, 6) is 1.67. The molecule has 0 aromatic heterocycles. The summed E-state index contributed by atoms with van der Waals surface area (Å²) in [6.07, 6.45) is 0. The molecule has 2 N–H and O–H groups in total. The number of hydrogen-bond acceptors (Lipinski definition) is 2. The number of fused-ring (bicyclic) bond motifs is 1. The van der Waals surface area contributed by atoms with Crippen LogP contribution in [-0.4, -0.2) is 39.9 Å². The fraction of sp³-hybridized carbons (Fsp3) is 0.360. The Labute approximate surface area is 173 Å². The lowest BCUT2D eigenvalue weighted by molar-refractivity contribution is -1.02. The lowest BCUT2D eigenvalue weighted by Crippen LogP contribution is -3.27. The number of methoxy groups -OCH3 is 1. The van der Waals surface area contributed by atoms with Gasteiger partial charge in [-0.25, -0.2) is 0 Å². The van der Waals surface area contributed by atoms with Crippen LogP contribution in [0, 0.1) is 0 Å². The number of ether oxygens (including phenoxy) is 2. The van der Waals surface area contributed by atoms with Gasteiger partial charge in [0.25, 0.3) is 0 Å². The van der Waals surface area contributed by atoms with Gasteiger partial charge in [0.1, 0.15) is 39.3 Å². The maximum Gasteiger partial charge on any atom is 0.161 e. The molecule has 1 heterocycles. The Morgan fingerprint density at radius 2 is 1.52 bits per heavy atom. The Kier molecular flexibility index (Phi) is 6.33. The first-order valence-electron chi connectivity index (χ1n) is 10.7. The van der Waals surface area contributed by atoms with Crippen molar-refractivity contribution in [3.63, 3.8) is 0 Å². The molecule has 0 bridgehead atoms. The van der Waals surface area contributed by atoms with Crippen LogP contribution >= 0.6 is 0 Å². The second-order valence-electron chi connectivity index (χ2n) is 7.91. The van der Waals surface area contributed by atoms with E-state index in [2.05, 4.69) is 54.6 Å². The van der Waals surface area contributed by atoms with Crippen molar-refractivity contribution in [1.29, 1.82) is 0 Å². The normalized spacial score (nSPS) is 19.2. The highest BCUT2D eigenvalue weighted by Crippen LogP contribution is 2.27. The molecule has 4 rings (SSSR count). The van der Waals surface area contributed by atoms with Crippen molar-refractivity contribution in [1.82, 2.24) is 0 Å². The van der Waals surface area contributed by atoms with Gasteiger partial charge >= 0.3 is 0 Å². The molecule has 0 spiro atoms. The highest BCUT2D eigenvalue weighted by Gasteiger charge is 2.24. The van der Waals surface area contributed by atoms with Crippen molar-refractivity contribution >= 4 is 10.8 Å². The first kappa shape index (κ1) is 19.7. The number of quaternary nitrogens is 2. The number of hydrogen-bond donors (Lipinski definition) is 2. The van der Waals surface area contributed by atoms with Gasteiger partial charge in [-0.1, -0.05) is 42.5 Å². The average Bonchev–Trinajstić information content (AvgIpc) is 2.76. The van der Waals surface area contributed by atoms with E-state index in [1.807, 2.05) is 13.0 Å². The molecule has 1 aliphatic heterocycles. The lowest BCUT2D eigenvalue weighted by atomic mass is 10.0. The van der Waals surface area contributed by atoms with Crippen LogP contribution in [0.1, 0.15) is 18.1 Å². The van der Waals surface area contributed by atoms with Gasteiger partial charge in [-0.05, 0) is 35.9 Å². The molecule has 29 heavy (non-hydrogen) atoms. The molecule has 4 heteroatoms. The molecule has 0 atom stereocenters. The molecule has 0 saturated carbocycles. The van der Waals surface area contributed by atoms with E-state index < -0.39 is 0 Å². The zero-order valence-electron chi connectivity index (χ0n) is 17.5. The summed E-state index contributed by atoms with van der Waals surface area (Å²) in [6.45, 7) is 9.67. The van der Waals surface area contributed by atoms with Gasteiger partial charge in [-0.3, -0.25) is 0 Å². The molecule has 0 aliphatic carbocycles. The first-order chi connectivity index (χ1) is 14.3. The highest BCUT2D eigenvalue weighted by atomic mass is 16.5. The van der Waals surface area contributed by atoms with Crippen LogP contribution < -0.4 is 19.3 Å². The predicted molar refractivity (Wildman–Crippen MR) is 117 cm³/mol. The molecule has 3 aromatic carbocycles. The number of rotatable bonds is 7. The van der Waals surface area contributed by atoms with E-state index in [9.17, 15) is 0 Å². The zero-order chi connectivity index (χ0) is 20.1. The van der Waals surface area contributed by atoms with Crippen LogP contribution in [0.3, 0.4) is 0 Å². The molecule has 152 valence electrons. The second kappa shape index (κ2) is 9.29. The molecule has 3 aromatic rings. The maximum absolute atomic E-state index is 5.74. The monoisotopic (exact) mass is 392 g/mol. The summed E-state index contributed by atoms with van der Waals surface area (Å²) < 4.78 is 11.1. The fourth-order valence-electron chi connectivity index (χ4n) is 4.41. The van der Waals surface area contributed by atoms with E-state index >= 15 is 0 Å². The predicted octanol–water partition coefficient (Wildman–Crippen LogP) is 1.73. The maximum atomic E-state index is 5.74. The topological polar surface area (TPSA) is 27.3 Å². The third-order valence-corrected chi connectivity index (χ3v) is 5.97. The number of piperazine rings is 1. The van der Waals surface area contributed by atoms with E-state index in [0.717, 1.165) is 24.6 Å². The Morgan fingerprint density at radius 3 is 2.28 bits per heavy atom. The van der Waals surface area contributed by atoms with Crippen LogP contribution in [0.5, 0.6) is 11.5 Å². The van der Waals surface area contributed by atoms with Crippen LogP contribution in [-0.2, 0) is 13.1 Å². The van der Waals surface area contributed by atoms with Gasteiger partial charge in [0.05, 0.1) is 13.7 Å². The summed E-state index contributed by atoms with van der Waals surface area (Å²) in [5.41, 5.74) is 2.79. The first-order valence-corrected chi connectivity index (χ1v) is 10.7. The van der Waals surface area contributed by atoms with Gasteiger partial charge in [-0.15, -0.1) is 0 Å². The van der Waals surface area contributed by atoms with E-state index in [0.29, 0.717) is 6.61 Å². The van der Waals surface area contributed by atoms with Gasteiger partial charge in [0.2, 0.25) is 0 Å². The summed E-state index contributed by atoms with van der Waals surface area (Å²) in [6, 6.07) is 21.8. The van der Waals surface area contributed by atoms with Crippen LogP contribution in [0.4, 0.5) is 0 Å². The molecule has 1 aliphatic rings. The molecule has 0 unspecified atom stereocenters. The molecular formula is C25H32N2O2+2. The van der Waals surface area contributed by atoms with E-state index in [1.54, 1.807) is 16.9 Å². The fourth-order valence-corrected chi connectivity index (χ4v) is 4.41. The van der Waals surface area contributed by atoms with Gasteiger partial charge in [0, 0.05) is 11.1 Å². The quantitative estimate of drug-likeness (QED) is 0.641. The Balaban J connectivity index is 1.35. The smallest absolute Gasteiger partial charge is 0.161 e. The highest BCUT2D eigenvalue weighted by molar-refractivity contribution is 5.85.